The van der Waals surface area contributed by atoms with E-state index in [0.717, 1.165) is 0 Å². The van der Waals surface area contributed by atoms with E-state index in [9.17, 15) is 10.1 Å². The Bertz CT molecular complexity index is 622. The molecule has 0 atom stereocenters. The van der Waals surface area contributed by atoms with E-state index in [2.05, 4.69) is 20.8 Å². The van der Waals surface area contributed by atoms with Gasteiger partial charge in [-0.15, -0.1) is 0 Å². The monoisotopic (exact) mass is 263 g/mol. The maximum Gasteiger partial charge on any atom is 0.311 e. The fourth-order valence-corrected chi connectivity index (χ4v) is 1.62. The number of hydrogen-bond acceptors (Lipinski definition) is 7. The topological polar surface area (TPSA) is 124 Å². The zero-order chi connectivity index (χ0) is 14.0. The molecule has 9 heteroatoms. The van der Waals surface area contributed by atoms with Crippen LogP contribution in [0.1, 0.15) is 5.69 Å². The zero-order valence-electron chi connectivity index (χ0n) is 10.4. The first kappa shape index (κ1) is 12.8. The minimum atomic E-state index is -0.513. The van der Waals surface area contributed by atoms with E-state index in [1.54, 1.807) is 24.9 Å². The van der Waals surface area contributed by atoms with Crippen molar-refractivity contribution in [2.24, 2.45) is 12.9 Å². The van der Waals surface area contributed by atoms with Gasteiger partial charge >= 0.3 is 5.69 Å². The molecule has 0 fully saturated rings. The van der Waals surface area contributed by atoms with Gasteiger partial charge in [0.1, 0.15) is 5.82 Å². The van der Waals surface area contributed by atoms with Gasteiger partial charge in [-0.1, -0.05) is 0 Å². The Balaban J connectivity index is 2.42. The molecule has 100 valence electrons. The molecule has 0 aliphatic rings. The molecular weight excluding hydrogens is 250 g/mol. The summed E-state index contributed by atoms with van der Waals surface area (Å²) in [5, 5.41) is 18.0. The van der Waals surface area contributed by atoms with Gasteiger partial charge in [0.25, 0.3) is 0 Å². The van der Waals surface area contributed by atoms with E-state index < -0.39 is 4.92 Å². The van der Waals surface area contributed by atoms with Gasteiger partial charge in [0.2, 0.25) is 5.82 Å². The lowest BCUT2D eigenvalue weighted by molar-refractivity contribution is -0.384. The summed E-state index contributed by atoms with van der Waals surface area (Å²) < 4.78 is 1.61. The minimum Gasteiger partial charge on any atom is -0.332 e. The van der Waals surface area contributed by atoms with Crippen LogP contribution in [0.4, 0.5) is 23.0 Å². The van der Waals surface area contributed by atoms with Gasteiger partial charge in [0, 0.05) is 19.3 Å². The lowest BCUT2D eigenvalue weighted by Gasteiger charge is -2.06. The smallest absolute Gasteiger partial charge is 0.311 e. The molecule has 9 nitrogen and oxygen atoms in total. The molecule has 19 heavy (non-hydrogen) atoms. The predicted octanol–water partition coefficient (Wildman–Crippen LogP) is 1.06. The quantitative estimate of drug-likeness (QED) is 0.428. The van der Waals surface area contributed by atoms with Crippen LogP contribution in [0, 0.1) is 17.0 Å². The van der Waals surface area contributed by atoms with E-state index in [1.807, 2.05) is 0 Å². The van der Waals surface area contributed by atoms with Crippen molar-refractivity contribution in [1.82, 2.24) is 14.8 Å². The number of rotatable bonds is 4. The van der Waals surface area contributed by atoms with Crippen molar-refractivity contribution in [1.29, 1.82) is 0 Å². The lowest BCUT2D eigenvalue weighted by atomic mass is 10.3. The Morgan fingerprint density at radius 1 is 1.47 bits per heavy atom. The molecule has 0 aromatic carbocycles. The van der Waals surface area contributed by atoms with Crippen LogP contribution in [-0.2, 0) is 7.05 Å². The van der Waals surface area contributed by atoms with E-state index >= 15 is 0 Å². The van der Waals surface area contributed by atoms with Crippen molar-refractivity contribution in [3.63, 3.8) is 0 Å². The first-order chi connectivity index (χ1) is 9.01. The van der Waals surface area contributed by atoms with Crippen molar-refractivity contribution < 1.29 is 4.92 Å². The molecule has 2 aromatic heterocycles. The number of hydrazine groups is 1. The van der Waals surface area contributed by atoms with Crippen LogP contribution in [0.2, 0.25) is 0 Å². The Hall–Kier alpha value is -2.68. The maximum absolute atomic E-state index is 11.0. The summed E-state index contributed by atoms with van der Waals surface area (Å²) in [7, 11) is 1.76. The van der Waals surface area contributed by atoms with Gasteiger partial charge in [-0.25, -0.2) is 10.8 Å². The molecule has 4 N–H and O–H groups in total. The second-order valence-electron chi connectivity index (χ2n) is 3.89. The highest BCUT2D eigenvalue weighted by Crippen LogP contribution is 2.27. The number of nitro groups is 1. The summed E-state index contributed by atoms with van der Waals surface area (Å²) in [5.74, 6) is 5.68. The van der Waals surface area contributed by atoms with E-state index in [4.69, 9.17) is 5.84 Å². The third-order valence-corrected chi connectivity index (χ3v) is 2.49. The molecular formula is C10H13N7O2. The predicted molar refractivity (Wildman–Crippen MR) is 69.9 cm³/mol. The molecule has 0 amide bonds. The Morgan fingerprint density at radius 3 is 2.74 bits per heavy atom. The minimum absolute atomic E-state index is 0.108. The summed E-state index contributed by atoms with van der Waals surface area (Å²) in [6.07, 6.45) is 1.71. The van der Waals surface area contributed by atoms with Crippen LogP contribution in [0.15, 0.2) is 18.3 Å². The first-order valence-corrected chi connectivity index (χ1v) is 5.40. The molecule has 0 saturated carbocycles. The van der Waals surface area contributed by atoms with Crippen molar-refractivity contribution in [3.8, 4) is 0 Å². The third kappa shape index (κ3) is 2.60. The molecule has 0 unspecified atom stereocenters. The van der Waals surface area contributed by atoms with Gasteiger partial charge in [-0.2, -0.15) is 5.10 Å². The number of nitrogen functional groups attached to an aromatic ring is 1. The number of pyridine rings is 1. The normalized spacial score (nSPS) is 10.3. The molecule has 0 bridgehead atoms. The molecule has 0 saturated heterocycles. The summed E-state index contributed by atoms with van der Waals surface area (Å²) in [5.41, 5.74) is 3.57. The van der Waals surface area contributed by atoms with Crippen LogP contribution < -0.4 is 16.6 Å². The number of aromatic nitrogens is 3. The van der Waals surface area contributed by atoms with Crippen LogP contribution in [0.25, 0.3) is 0 Å². The van der Waals surface area contributed by atoms with Gasteiger partial charge in [0.05, 0.1) is 16.3 Å². The highest BCUT2D eigenvalue weighted by atomic mass is 16.6. The maximum atomic E-state index is 11.0. The molecule has 2 aromatic rings. The van der Waals surface area contributed by atoms with Crippen molar-refractivity contribution in [2.45, 2.75) is 6.92 Å². The van der Waals surface area contributed by atoms with Crippen LogP contribution in [0.5, 0.6) is 0 Å². The lowest BCUT2D eigenvalue weighted by Crippen LogP contribution is -2.10. The molecule has 2 rings (SSSR count). The number of hydrogen-bond donors (Lipinski definition) is 3. The Morgan fingerprint density at radius 2 is 2.21 bits per heavy atom. The van der Waals surface area contributed by atoms with Crippen molar-refractivity contribution >= 4 is 23.0 Å². The van der Waals surface area contributed by atoms with Crippen LogP contribution >= 0.6 is 0 Å². The highest BCUT2D eigenvalue weighted by Gasteiger charge is 2.17. The van der Waals surface area contributed by atoms with Gasteiger partial charge < -0.3 is 10.7 Å². The molecule has 0 aliphatic carbocycles. The van der Waals surface area contributed by atoms with Crippen molar-refractivity contribution in [2.75, 3.05) is 10.7 Å². The number of aryl methyl sites for hydroxylation is 2. The average molecular weight is 263 g/mol. The number of nitrogens with two attached hydrogens (primary N) is 1. The standard InChI is InChI=1S/C10H13N7O2/c1-6-7(5-16(2)15-6)12-10-8(17(18)19)3-4-9(13-10)14-11/h3-5H,11H2,1-2H3,(H2,12,13,14). The van der Waals surface area contributed by atoms with E-state index in [-0.39, 0.29) is 11.5 Å². The SMILES string of the molecule is Cc1nn(C)cc1Nc1nc(NN)ccc1[N+](=O)[O-]. The van der Waals surface area contributed by atoms with Crippen molar-refractivity contribution in [3.05, 3.63) is 34.1 Å². The number of nitrogens with zero attached hydrogens (tertiary/aromatic N) is 4. The summed E-state index contributed by atoms with van der Waals surface area (Å²) in [6.45, 7) is 1.79. The third-order valence-electron chi connectivity index (χ3n) is 2.49. The van der Waals surface area contributed by atoms with E-state index in [0.29, 0.717) is 17.2 Å². The van der Waals surface area contributed by atoms with Gasteiger partial charge in [-0.05, 0) is 13.0 Å². The summed E-state index contributed by atoms with van der Waals surface area (Å²) in [4.78, 5) is 14.5. The van der Waals surface area contributed by atoms with Gasteiger partial charge in [-0.3, -0.25) is 14.8 Å². The Kier molecular flexibility index (Phi) is 3.29. The van der Waals surface area contributed by atoms with Gasteiger partial charge in [0.15, 0.2) is 0 Å². The molecule has 0 spiro atoms. The number of anilines is 3. The van der Waals surface area contributed by atoms with E-state index in [1.165, 1.54) is 12.1 Å². The zero-order valence-corrected chi connectivity index (χ0v) is 10.4. The number of nitrogens with one attached hydrogen (secondary N) is 2. The summed E-state index contributed by atoms with van der Waals surface area (Å²) >= 11 is 0. The molecule has 0 radical (unpaired) electrons. The highest BCUT2D eigenvalue weighted by molar-refractivity contribution is 5.68. The molecule has 0 aliphatic heterocycles. The fourth-order valence-electron chi connectivity index (χ4n) is 1.62. The van der Waals surface area contributed by atoms with Crippen LogP contribution in [-0.4, -0.2) is 19.7 Å². The molecule has 2 heterocycles. The second kappa shape index (κ2) is 4.90. The summed E-state index contributed by atoms with van der Waals surface area (Å²) in [6, 6.07) is 2.76. The average Bonchev–Trinajstić information content (AvgIpc) is 2.67. The Labute approximate surface area is 108 Å². The van der Waals surface area contributed by atoms with Crippen LogP contribution in [0.3, 0.4) is 0 Å². The first-order valence-electron chi connectivity index (χ1n) is 5.40. The largest absolute Gasteiger partial charge is 0.332 e. The second-order valence-corrected chi connectivity index (χ2v) is 3.89. The fraction of sp³-hybridized carbons (Fsp3) is 0.200.